The number of aromatic nitrogens is 3. The van der Waals surface area contributed by atoms with E-state index in [0.29, 0.717) is 17.4 Å². The summed E-state index contributed by atoms with van der Waals surface area (Å²) in [4.78, 5) is 31.4. The van der Waals surface area contributed by atoms with Crippen LogP contribution in [0, 0.1) is 5.92 Å². The van der Waals surface area contributed by atoms with E-state index >= 15 is 0 Å². The van der Waals surface area contributed by atoms with E-state index in [1.54, 1.807) is 0 Å². The zero-order valence-electron chi connectivity index (χ0n) is 15.4. The molecule has 1 atom stereocenters. The van der Waals surface area contributed by atoms with E-state index in [-0.39, 0.29) is 11.6 Å². The summed E-state index contributed by atoms with van der Waals surface area (Å²) >= 11 is 4.77. The number of anilines is 1. The zero-order chi connectivity index (χ0) is 19.7. The molecular formula is C19H20BrN5O2S. The molecule has 0 unspecified atom stereocenters. The first-order valence-electron chi connectivity index (χ1n) is 9.18. The number of benzene rings is 1. The van der Waals surface area contributed by atoms with E-state index in [9.17, 15) is 9.59 Å². The third-order valence-electron chi connectivity index (χ3n) is 4.75. The van der Waals surface area contributed by atoms with Gasteiger partial charge in [0, 0.05) is 30.2 Å². The van der Waals surface area contributed by atoms with Crippen molar-refractivity contribution < 1.29 is 4.79 Å². The lowest BCUT2D eigenvalue weighted by Crippen LogP contribution is -2.34. The van der Waals surface area contributed by atoms with Gasteiger partial charge >= 0.3 is 0 Å². The first-order valence-corrected chi connectivity index (χ1v) is 10.8. The highest BCUT2D eigenvalue weighted by atomic mass is 79.9. The first kappa shape index (κ1) is 19.1. The molecule has 0 aliphatic carbocycles. The smallest absolute Gasteiger partial charge is 0.274 e. The second kappa shape index (κ2) is 8.00. The highest BCUT2D eigenvalue weighted by Gasteiger charge is 2.22. The van der Waals surface area contributed by atoms with Crippen LogP contribution in [-0.4, -0.2) is 33.6 Å². The summed E-state index contributed by atoms with van der Waals surface area (Å²) in [5.41, 5.74) is 0.731. The lowest BCUT2D eigenvalue weighted by Gasteiger charge is -2.30. The van der Waals surface area contributed by atoms with Gasteiger partial charge in [-0.25, -0.2) is 0 Å². The summed E-state index contributed by atoms with van der Waals surface area (Å²) in [6, 6.07) is 8.94. The Balaban J connectivity index is 1.60. The van der Waals surface area contributed by atoms with Crippen LogP contribution >= 0.6 is 27.3 Å². The number of fused-ring (bicyclic) bond motifs is 1. The minimum Gasteiger partial charge on any atom is -0.347 e. The molecule has 146 valence electrons. The fraction of sp³-hybridized carbons (Fsp3) is 0.368. The van der Waals surface area contributed by atoms with Gasteiger partial charge in [-0.05, 0) is 36.5 Å². The number of hydrogen-bond donors (Lipinski definition) is 1. The minimum absolute atomic E-state index is 0.206. The molecule has 3 heterocycles. The monoisotopic (exact) mass is 461 g/mol. The van der Waals surface area contributed by atoms with Crippen LogP contribution in [0.15, 0.2) is 39.6 Å². The van der Waals surface area contributed by atoms with E-state index in [4.69, 9.17) is 0 Å². The molecule has 2 aromatic heterocycles. The van der Waals surface area contributed by atoms with Crippen LogP contribution in [-0.2, 0) is 6.54 Å². The van der Waals surface area contributed by atoms with Crippen molar-refractivity contribution in [2.75, 3.05) is 18.0 Å². The molecule has 1 aliphatic heterocycles. The van der Waals surface area contributed by atoms with E-state index in [0.717, 1.165) is 34.7 Å². The number of nitrogens with zero attached hydrogens (tertiary/aromatic N) is 4. The van der Waals surface area contributed by atoms with E-state index in [1.165, 1.54) is 28.3 Å². The van der Waals surface area contributed by atoms with Gasteiger partial charge in [0.25, 0.3) is 11.5 Å². The number of halogens is 1. The van der Waals surface area contributed by atoms with Crippen molar-refractivity contribution >= 4 is 43.3 Å². The second-order valence-electron chi connectivity index (χ2n) is 7.06. The molecule has 9 heteroatoms. The average Bonchev–Trinajstić information content (AvgIpc) is 3.09. The molecule has 1 N–H and O–H groups in total. The SMILES string of the molecule is C[C@@H]1CCCN(c2nn3c(C(=O)NCc4cccc(Br)c4)cc(=O)nc3s2)C1. The maximum Gasteiger partial charge on any atom is 0.274 e. The molecule has 28 heavy (non-hydrogen) atoms. The summed E-state index contributed by atoms with van der Waals surface area (Å²) in [6.45, 7) is 4.44. The Morgan fingerprint density at radius 3 is 3.04 bits per heavy atom. The maximum atomic E-state index is 12.7. The van der Waals surface area contributed by atoms with Crippen molar-refractivity contribution in [2.24, 2.45) is 5.92 Å². The third-order valence-corrected chi connectivity index (χ3v) is 6.21. The van der Waals surface area contributed by atoms with Crippen molar-refractivity contribution in [1.29, 1.82) is 0 Å². The molecule has 4 rings (SSSR count). The van der Waals surface area contributed by atoms with Gasteiger partial charge in [-0.3, -0.25) is 9.59 Å². The van der Waals surface area contributed by atoms with Crippen molar-refractivity contribution in [3.63, 3.8) is 0 Å². The van der Waals surface area contributed by atoms with Crippen molar-refractivity contribution in [2.45, 2.75) is 26.3 Å². The number of carbonyl (C=O) groups excluding carboxylic acids is 1. The van der Waals surface area contributed by atoms with Gasteiger partial charge in [-0.2, -0.15) is 9.50 Å². The van der Waals surface area contributed by atoms with Crippen LogP contribution in [0.2, 0.25) is 0 Å². The van der Waals surface area contributed by atoms with Crippen molar-refractivity contribution in [3.05, 3.63) is 56.4 Å². The fourth-order valence-electron chi connectivity index (χ4n) is 3.38. The Labute approximate surface area is 174 Å². The topological polar surface area (TPSA) is 79.6 Å². The third kappa shape index (κ3) is 4.10. The molecule has 7 nitrogen and oxygen atoms in total. The minimum atomic E-state index is -0.435. The van der Waals surface area contributed by atoms with Crippen LogP contribution in [0.5, 0.6) is 0 Å². The molecule has 0 radical (unpaired) electrons. The summed E-state index contributed by atoms with van der Waals surface area (Å²) in [7, 11) is 0. The van der Waals surface area contributed by atoms with E-state index in [1.807, 2.05) is 24.3 Å². The van der Waals surface area contributed by atoms with E-state index < -0.39 is 5.56 Å². The Bertz CT molecular complexity index is 1080. The Kier molecular flexibility index (Phi) is 5.45. The van der Waals surface area contributed by atoms with E-state index in [2.05, 4.69) is 43.2 Å². The van der Waals surface area contributed by atoms with Crippen LogP contribution in [0.4, 0.5) is 5.13 Å². The average molecular weight is 462 g/mol. The molecule has 1 fully saturated rings. The van der Waals surface area contributed by atoms with Crippen molar-refractivity contribution in [1.82, 2.24) is 19.9 Å². The quantitative estimate of drug-likeness (QED) is 0.645. The summed E-state index contributed by atoms with van der Waals surface area (Å²) in [6.07, 6.45) is 2.32. The Hall–Kier alpha value is -2.26. The van der Waals surface area contributed by atoms with Gasteiger partial charge < -0.3 is 10.2 Å². The van der Waals surface area contributed by atoms with Gasteiger partial charge in [-0.1, -0.05) is 46.3 Å². The summed E-state index contributed by atoms with van der Waals surface area (Å²) < 4.78 is 2.43. The lowest BCUT2D eigenvalue weighted by molar-refractivity contribution is 0.0943. The molecule has 0 saturated carbocycles. The molecule has 1 aromatic carbocycles. The number of rotatable bonds is 4. The first-order chi connectivity index (χ1) is 13.5. The highest BCUT2D eigenvalue weighted by molar-refractivity contribution is 9.10. The Morgan fingerprint density at radius 1 is 1.39 bits per heavy atom. The lowest BCUT2D eigenvalue weighted by atomic mass is 10.0. The number of amides is 1. The van der Waals surface area contributed by atoms with Crippen molar-refractivity contribution in [3.8, 4) is 0 Å². The van der Waals surface area contributed by atoms with Crippen LogP contribution in [0.3, 0.4) is 0 Å². The zero-order valence-corrected chi connectivity index (χ0v) is 17.8. The molecule has 0 bridgehead atoms. The van der Waals surface area contributed by atoms with Gasteiger partial charge in [0.15, 0.2) is 0 Å². The molecule has 3 aromatic rings. The summed E-state index contributed by atoms with van der Waals surface area (Å²) in [5.74, 6) is 0.250. The van der Waals surface area contributed by atoms with Gasteiger partial charge in [0.2, 0.25) is 10.1 Å². The molecule has 1 aliphatic rings. The fourth-order valence-corrected chi connectivity index (χ4v) is 4.77. The van der Waals surface area contributed by atoms with Crippen LogP contribution in [0.1, 0.15) is 35.8 Å². The van der Waals surface area contributed by atoms with Crippen LogP contribution in [0.25, 0.3) is 4.96 Å². The number of piperidine rings is 1. The van der Waals surface area contributed by atoms with Gasteiger partial charge in [-0.15, -0.1) is 5.10 Å². The predicted octanol–water partition coefficient (Wildman–Crippen LogP) is 3.08. The number of carbonyl (C=O) groups is 1. The second-order valence-corrected chi connectivity index (χ2v) is 8.91. The van der Waals surface area contributed by atoms with Gasteiger partial charge in [0.05, 0.1) is 0 Å². The number of nitrogens with one attached hydrogen (secondary N) is 1. The summed E-state index contributed by atoms with van der Waals surface area (Å²) in [5, 5.41) is 8.25. The molecule has 1 amide bonds. The molecular weight excluding hydrogens is 442 g/mol. The molecule has 0 spiro atoms. The molecule has 1 saturated heterocycles. The highest BCUT2D eigenvalue weighted by Crippen LogP contribution is 2.27. The standard InChI is InChI=1S/C19H20BrN5O2S/c1-12-4-3-7-24(11-12)19-23-25-15(9-16(26)22-18(25)28-19)17(27)21-10-13-5-2-6-14(20)8-13/h2,5-6,8-9,12H,3-4,7,10-11H2,1H3,(H,21,27)/t12-/m1/s1. The predicted molar refractivity (Wildman–Crippen MR) is 113 cm³/mol. The largest absolute Gasteiger partial charge is 0.347 e. The van der Waals surface area contributed by atoms with Crippen LogP contribution < -0.4 is 15.8 Å². The maximum absolute atomic E-state index is 12.7. The Morgan fingerprint density at radius 2 is 2.25 bits per heavy atom. The van der Waals surface area contributed by atoms with Gasteiger partial charge in [0.1, 0.15) is 5.69 Å². The normalized spacial score (nSPS) is 17.1. The number of hydrogen-bond acceptors (Lipinski definition) is 6.